The van der Waals surface area contributed by atoms with Crippen LogP contribution in [0.1, 0.15) is 26.2 Å². The molecule has 2 nitrogen and oxygen atoms in total. The van der Waals surface area contributed by atoms with Crippen molar-refractivity contribution in [3.8, 4) is 0 Å². The molecule has 0 amide bonds. The fourth-order valence-corrected chi connectivity index (χ4v) is 2.04. The topological polar surface area (TPSA) is 23.5 Å². The van der Waals surface area contributed by atoms with Crippen LogP contribution < -0.4 is 0 Å². The second-order valence-corrected chi connectivity index (χ2v) is 3.74. The second-order valence-electron chi connectivity index (χ2n) is 3.74. The predicted molar refractivity (Wildman–Crippen MR) is 46.9 cm³/mol. The number of nitrogens with zero attached hydrogens (tertiary/aromatic N) is 1. The Balaban J connectivity index is 2.53. The van der Waals surface area contributed by atoms with Gasteiger partial charge in [-0.25, -0.2) is 0 Å². The van der Waals surface area contributed by atoms with Gasteiger partial charge < -0.3 is 5.11 Å². The lowest BCUT2D eigenvalue weighted by molar-refractivity contribution is -0.153. The highest BCUT2D eigenvalue weighted by Gasteiger charge is 2.37. The predicted octanol–water partition coefficient (Wildman–Crippen LogP) is 1.78. The maximum Gasteiger partial charge on any atom is 0.401 e. The van der Waals surface area contributed by atoms with Crippen LogP contribution in [-0.2, 0) is 0 Å². The van der Waals surface area contributed by atoms with Crippen LogP contribution in [0.4, 0.5) is 13.2 Å². The molecule has 1 fully saturated rings. The van der Waals surface area contributed by atoms with E-state index in [4.69, 9.17) is 0 Å². The summed E-state index contributed by atoms with van der Waals surface area (Å²) >= 11 is 0. The van der Waals surface area contributed by atoms with Crippen molar-refractivity contribution < 1.29 is 18.3 Å². The average Bonchev–Trinajstić information content (AvgIpc) is 2.45. The standard InChI is InChI=1S/C9H16F3NO/c1-2-13(6-9(10,11)12)7-4-3-5-8(7)14/h7-8,14H,2-6H2,1H3/t7-,8-/m0/s1. The smallest absolute Gasteiger partial charge is 0.391 e. The van der Waals surface area contributed by atoms with Crippen molar-refractivity contribution in [1.29, 1.82) is 0 Å². The second kappa shape index (κ2) is 4.49. The number of hydrogen-bond acceptors (Lipinski definition) is 2. The number of aliphatic hydroxyl groups excluding tert-OH is 1. The molecule has 1 aliphatic carbocycles. The molecule has 14 heavy (non-hydrogen) atoms. The summed E-state index contributed by atoms with van der Waals surface area (Å²) in [5.41, 5.74) is 0. The van der Waals surface area contributed by atoms with E-state index in [0.717, 1.165) is 6.42 Å². The molecule has 0 aromatic carbocycles. The van der Waals surface area contributed by atoms with E-state index < -0.39 is 18.8 Å². The maximum atomic E-state index is 12.1. The van der Waals surface area contributed by atoms with Crippen LogP contribution in [0.3, 0.4) is 0 Å². The highest BCUT2D eigenvalue weighted by molar-refractivity contribution is 4.85. The van der Waals surface area contributed by atoms with E-state index in [1.807, 2.05) is 0 Å². The van der Waals surface area contributed by atoms with E-state index in [0.29, 0.717) is 19.4 Å². The summed E-state index contributed by atoms with van der Waals surface area (Å²) in [4.78, 5) is 1.32. The molecule has 0 radical (unpaired) electrons. The van der Waals surface area contributed by atoms with E-state index in [9.17, 15) is 18.3 Å². The van der Waals surface area contributed by atoms with Crippen LogP contribution in [0.2, 0.25) is 0 Å². The van der Waals surface area contributed by atoms with Crippen LogP contribution in [0.25, 0.3) is 0 Å². The summed E-state index contributed by atoms with van der Waals surface area (Å²) in [6, 6.07) is -0.304. The van der Waals surface area contributed by atoms with Gasteiger partial charge in [0.15, 0.2) is 0 Å². The average molecular weight is 211 g/mol. The van der Waals surface area contributed by atoms with Gasteiger partial charge in [0.1, 0.15) is 0 Å². The van der Waals surface area contributed by atoms with Crippen molar-refractivity contribution in [3.05, 3.63) is 0 Å². The fraction of sp³-hybridized carbons (Fsp3) is 1.00. The maximum absolute atomic E-state index is 12.1. The van der Waals surface area contributed by atoms with Crippen molar-refractivity contribution in [2.24, 2.45) is 0 Å². The van der Waals surface area contributed by atoms with E-state index in [1.54, 1.807) is 6.92 Å². The zero-order valence-electron chi connectivity index (χ0n) is 8.22. The summed E-state index contributed by atoms with van der Waals surface area (Å²) in [5, 5.41) is 9.48. The van der Waals surface area contributed by atoms with Gasteiger partial charge in [-0.05, 0) is 25.8 Å². The summed E-state index contributed by atoms with van der Waals surface area (Å²) in [6.07, 6.45) is -2.64. The molecule has 1 rings (SSSR count). The lowest BCUT2D eigenvalue weighted by Crippen LogP contribution is -2.45. The fourth-order valence-electron chi connectivity index (χ4n) is 2.04. The lowest BCUT2D eigenvalue weighted by atomic mass is 10.2. The van der Waals surface area contributed by atoms with Crippen molar-refractivity contribution in [2.75, 3.05) is 13.1 Å². The normalized spacial score (nSPS) is 28.7. The van der Waals surface area contributed by atoms with Gasteiger partial charge in [0, 0.05) is 6.04 Å². The minimum absolute atomic E-state index is 0.304. The highest BCUT2D eigenvalue weighted by Crippen LogP contribution is 2.27. The molecule has 2 atom stereocenters. The molecule has 0 heterocycles. The molecule has 1 N–H and O–H groups in total. The third-order valence-corrected chi connectivity index (χ3v) is 2.70. The number of alkyl halides is 3. The highest BCUT2D eigenvalue weighted by atomic mass is 19.4. The molecule has 5 heteroatoms. The van der Waals surface area contributed by atoms with Crippen molar-refractivity contribution in [3.63, 3.8) is 0 Å². The van der Waals surface area contributed by atoms with Gasteiger partial charge in [-0.3, -0.25) is 4.90 Å². The molecule has 1 saturated carbocycles. The van der Waals surface area contributed by atoms with Crippen LogP contribution in [0.5, 0.6) is 0 Å². The summed E-state index contributed by atoms with van der Waals surface area (Å²) in [7, 11) is 0. The van der Waals surface area contributed by atoms with Gasteiger partial charge in [-0.2, -0.15) is 13.2 Å². The molecule has 0 aromatic heterocycles. The Bertz CT molecular complexity index is 183. The Morgan fingerprint density at radius 3 is 2.36 bits per heavy atom. The number of likely N-dealkylation sites (N-methyl/N-ethyl adjacent to an activating group) is 1. The molecule has 1 aliphatic rings. The summed E-state index contributed by atoms with van der Waals surface area (Å²) in [6.45, 7) is 1.11. The number of aliphatic hydroxyl groups is 1. The molecule has 0 aromatic rings. The van der Waals surface area contributed by atoms with E-state index in [2.05, 4.69) is 0 Å². The van der Waals surface area contributed by atoms with Crippen molar-refractivity contribution >= 4 is 0 Å². The van der Waals surface area contributed by atoms with Crippen molar-refractivity contribution in [1.82, 2.24) is 4.90 Å². The zero-order chi connectivity index (χ0) is 10.8. The Morgan fingerprint density at radius 2 is 2.00 bits per heavy atom. The van der Waals surface area contributed by atoms with E-state index in [-0.39, 0.29) is 6.04 Å². The molecule has 0 bridgehead atoms. The number of halogens is 3. The van der Waals surface area contributed by atoms with Crippen molar-refractivity contribution in [2.45, 2.75) is 44.5 Å². The third-order valence-electron chi connectivity index (χ3n) is 2.70. The Morgan fingerprint density at radius 1 is 1.36 bits per heavy atom. The number of hydrogen-bond donors (Lipinski definition) is 1. The molecule has 0 spiro atoms. The first-order valence-corrected chi connectivity index (χ1v) is 4.93. The van der Waals surface area contributed by atoms with E-state index >= 15 is 0 Å². The lowest BCUT2D eigenvalue weighted by Gasteiger charge is -2.30. The molecule has 84 valence electrons. The monoisotopic (exact) mass is 211 g/mol. The van der Waals surface area contributed by atoms with Crippen LogP contribution >= 0.6 is 0 Å². The Kier molecular flexibility index (Phi) is 3.78. The van der Waals surface area contributed by atoms with Gasteiger partial charge >= 0.3 is 6.18 Å². The van der Waals surface area contributed by atoms with E-state index in [1.165, 1.54) is 4.90 Å². The summed E-state index contributed by atoms with van der Waals surface area (Å²) in [5.74, 6) is 0. The quantitative estimate of drug-likeness (QED) is 0.769. The molecule has 0 saturated heterocycles. The zero-order valence-corrected chi connectivity index (χ0v) is 8.22. The minimum atomic E-state index is -4.17. The summed E-state index contributed by atoms with van der Waals surface area (Å²) < 4.78 is 36.4. The Labute approximate surface area is 81.7 Å². The van der Waals surface area contributed by atoms with Crippen LogP contribution in [-0.4, -0.2) is 41.4 Å². The van der Waals surface area contributed by atoms with Gasteiger partial charge in [0.25, 0.3) is 0 Å². The van der Waals surface area contributed by atoms with Gasteiger partial charge in [-0.1, -0.05) is 6.92 Å². The first kappa shape index (κ1) is 11.8. The number of rotatable bonds is 3. The SMILES string of the molecule is CCN(CC(F)(F)F)[C@H]1CCC[C@@H]1O. The molecular weight excluding hydrogens is 195 g/mol. The Hall–Kier alpha value is -0.290. The molecule has 0 unspecified atom stereocenters. The third kappa shape index (κ3) is 3.13. The first-order chi connectivity index (χ1) is 6.44. The van der Waals surface area contributed by atoms with Gasteiger partial charge in [-0.15, -0.1) is 0 Å². The minimum Gasteiger partial charge on any atom is -0.391 e. The van der Waals surface area contributed by atoms with Crippen LogP contribution in [0, 0.1) is 0 Å². The molecule has 0 aliphatic heterocycles. The molecular formula is C9H16F3NO. The van der Waals surface area contributed by atoms with Gasteiger partial charge in [0.2, 0.25) is 0 Å². The first-order valence-electron chi connectivity index (χ1n) is 4.93. The largest absolute Gasteiger partial charge is 0.401 e. The van der Waals surface area contributed by atoms with Crippen LogP contribution in [0.15, 0.2) is 0 Å². The van der Waals surface area contributed by atoms with Gasteiger partial charge in [0.05, 0.1) is 12.6 Å².